The maximum Gasteiger partial charge on any atom is 0.155 e. The van der Waals surface area contributed by atoms with Crippen molar-refractivity contribution in [3.8, 4) is 0 Å². The Bertz CT molecular complexity index is 447. The van der Waals surface area contributed by atoms with Crippen molar-refractivity contribution in [2.75, 3.05) is 12.3 Å². The molecule has 6 heteroatoms. The van der Waals surface area contributed by atoms with E-state index in [1.54, 1.807) is 0 Å². The Morgan fingerprint density at radius 1 is 1.40 bits per heavy atom. The molecular weight excluding hydrogens is 285 g/mol. The molecule has 0 saturated heterocycles. The molecule has 3 nitrogen and oxygen atoms in total. The van der Waals surface area contributed by atoms with Crippen molar-refractivity contribution in [3.63, 3.8) is 0 Å². The predicted octanol–water partition coefficient (Wildman–Crippen LogP) is 1.46. The third-order valence-corrected chi connectivity index (χ3v) is 3.91. The molecule has 0 atom stereocenters. The van der Waals surface area contributed by atoms with Gasteiger partial charge in [0.2, 0.25) is 0 Å². The van der Waals surface area contributed by atoms with E-state index in [1.165, 1.54) is 18.2 Å². The van der Waals surface area contributed by atoms with E-state index in [0.29, 0.717) is 4.47 Å². The first kappa shape index (κ1) is 12.6. The van der Waals surface area contributed by atoms with Crippen molar-refractivity contribution < 1.29 is 12.8 Å². The average molecular weight is 296 g/mol. The average Bonchev–Trinajstić information content (AvgIpc) is 2.10. The zero-order valence-corrected chi connectivity index (χ0v) is 10.3. The summed E-state index contributed by atoms with van der Waals surface area (Å²) in [5.74, 6) is -0.951. The van der Waals surface area contributed by atoms with Gasteiger partial charge in [0, 0.05) is 16.6 Å². The van der Waals surface area contributed by atoms with Crippen LogP contribution in [0.15, 0.2) is 22.7 Å². The number of hydrogen-bond donors (Lipinski definition) is 1. The van der Waals surface area contributed by atoms with E-state index >= 15 is 0 Å². The highest BCUT2D eigenvalue weighted by Gasteiger charge is 2.14. The lowest BCUT2D eigenvalue weighted by molar-refractivity contribution is 0.587. The molecule has 84 valence electrons. The maximum absolute atomic E-state index is 13.2. The number of hydrogen-bond acceptors (Lipinski definition) is 3. The largest absolute Gasteiger partial charge is 0.329 e. The van der Waals surface area contributed by atoms with Crippen LogP contribution in [0.1, 0.15) is 5.56 Å². The zero-order valence-electron chi connectivity index (χ0n) is 7.91. The van der Waals surface area contributed by atoms with E-state index in [-0.39, 0.29) is 23.6 Å². The Morgan fingerprint density at radius 2 is 2.07 bits per heavy atom. The van der Waals surface area contributed by atoms with E-state index in [0.717, 1.165) is 0 Å². The Morgan fingerprint density at radius 3 is 2.67 bits per heavy atom. The molecule has 1 aromatic carbocycles. The molecule has 0 heterocycles. The summed E-state index contributed by atoms with van der Waals surface area (Å²) in [6.45, 7) is 0.0535. The van der Waals surface area contributed by atoms with E-state index in [2.05, 4.69) is 15.9 Å². The minimum Gasteiger partial charge on any atom is -0.329 e. The second-order valence-corrected chi connectivity index (χ2v) is 6.22. The van der Waals surface area contributed by atoms with E-state index in [9.17, 15) is 12.8 Å². The lowest BCUT2D eigenvalue weighted by Gasteiger charge is -2.04. The summed E-state index contributed by atoms with van der Waals surface area (Å²) in [5.41, 5.74) is 5.32. The second kappa shape index (κ2) is 5.05. The fourth-order valence-corrected chi connectivity index (χ4v) is 2.75. The molecular formula is C9H11BrFNO2S. The van der Waals surface area contributed by atoms with Crippen molar-refractivity contribution >= 4 is 25.8 Å². The van der Waals surface area contributed by atoms with Crippen molar-refractivity contribution in [1.29, 1.82) is 0 Å². The molecule has 0 bridgehead atoms. The van der Waals surface area contributed by atoms with Crippen LogP contribution in [0.4, 0.5) is 4.39 Å². The summed E-state index contributed by atoms with van der Waals surface area (Å²) < 4.78 is 36.7. The van der Waals surface area contributed by atoms with Crippen LogP contribution in [0.2, 0.25) is 0 Å². The first-order valence-corrected chi connectivity index (χ1v) is 6.90. The highest BCUT2D eigenvalue weighted by atomic mass is 79.9. The van der Waals surface area contributed by atoms with Gasteiger partial charge in [0.05, 0.1) is 11.5 Å². The first-order chi connectivity index (χ1) is 6.94. The minimum atomic E-state index is -3.31. The van der Waals surface area contributed by atoms with Gasteiger partial charge >= 0.3 is 0 Å². The summed E-state index contributed by atoms with van der Waals surface area (Å²) in [7, 11) is -3.31. The van der Waals surface area contributed by atoms with Gasteiger partial charge in [0.1, 0.15) is 5.82 Å². The van der Waals surface area contributed by atoms with Crippen LogP contribution in [-0.4, -0.2) is 20.7 Å². The molecule has 0 unspecified atom stereocenters. The van der Waals surface area contributed by atoms with Crippen LogP contribution in [0.3, 0.4) is 0 Å². The third kappa shape index (κ3) is 3.89. The first-order valence-electron chi connectivity index (χ1n) is 4.29. The molecule has 0 aliphatic carbocycles. The van der Waals surface area contributed by atoms with Gasteiger partial charge in [0.25, 0.3) is 0 Å². The lowest BCUT2D eigenvalue weighted by Crippen LogP contribution is -2.17. The van der Waals surface area contributed by atoms with Crippen LogP contribution in [0.25, 0.3) is 0 Å². The predicted molar refractivity (Wildman–Crippen MR) is 60.6 cm³/mol. The molecule has 0 spiro atoms. The summed E-state index contributed by atoms with van der Waals surface area (Å²) in [5, 5.41) is 0. The minimum absolute atomic E-state index is 0.0535. The van der Waals surface area contributed by atoms with Crippen molar-refractivity contribution in [2.45, 2.75) is 5.75 Å². The monoisotopic (exact) mass is 295 g/mol. The summed E-state index contributed by atoms with van der Waals surface area (Å²) in [4.78, 5) is 0. The van der Waals surface area contributed by atoms with Crippen LogP contribution in [0.5, 0.6) is 0 Å². The number of nitrogens with two attached hydrogens (primary N) is 1. The van der Waals surface area contributed by atoms with Crippen molar-refractivity contribution in [2.24, 2.45) is 5.73 Å². The normalized spacial score (nSPS) is 11.7. The van der Waals surface area contributed by atoms with E-state index in [1.807, 2.05) is 0 Å². The van der Waals surface area contributed by atoms with Gasteiger partial charge in [-0.05, 0) is 18.2 Å². The topological polar surface area (TPSA) is 60.2 Å². The Kier molecular flexibility index (Phi) is 4.24. The molecule has 0 amide bonds. The van der Waals surface area contributed by atoms with Gasteiger partial charge in [-0.1, -0.05) is 15.9 Å². The molecule has 1 aromatic rings. The molecule has 0 aliphatic rings. The SMILES string of the molecule is NCCS(=O)(=O)Cc1cc(Br)ccc1F. The van der Waals surface area contributed by atoms with E-state index < -0.39 is 15.7 Å². The van der Waals surface area contributed by atoms with Gasteiger partial charge < -0.3 is 5.73 Å². The van der Waals surface area contributed by atoms with E-state index in [4.69, 9.17) is 5.73 Å². The number of rotatable bonds is 4. The Labute approximate surface area is 96.5 Å². The molecule has 0 aromatic heterocycles. The molecule has 0 fully saturated rings. The van der Waals surface area contributed by atoms with Gasteiger partial charge in [-0.3, -0.25) is 0 Å². The van der Waals surface area contributed by atoms with Gasteiger partial charge in [-0.15, -0.1) is 0 Å². The fourth-order valence-electron chi connectivity index (χ4n) is 1.14. The molecule has 15 heavy (non-hydrogen) atoms. The molecule has 2 N–H and O–H groups in total. The van der Waals surface area contributed by atoms with Crippen molar-refractivity contribution in [3.05, 3.63) is 34.1 Å². The Hall–Kier alpha value is -0.460. The van der Waals surface area contributed by atoms with Gasteiger partial charge in [-0.2, -0.15) is 0 Å². The van der Waals surface area contributed by atoms with Crippen LogP contribution in [0, 0.1) is 5.82 Å². The van der Waals surface area contributed by atoms with Crippen LogP contribution in [-0.2, 0) is 15.6 Å². The second-order valence-electron chi connectivity index (χ2n) is 3.12. The summed E-state index contributed by atoms with van der Waals surface area (Å²) in [6.07, 6.45) is 0. The van der Waals surface area contributed by atoms with Gasteiger partial charge in [-0.25, -0.2) is 12.8 Å². The molecule has 0 saturated carbocycles. The number of sulfone groups is 1. The fraction of sp³-hybridized carbons (Fsp3) is 0.333. The third-order valence-electron chi connectivity index (χ3n) is 1.81. The zero-order chi connectivity index (χ0) is 11.5. The lowest BCUT2D eigenvalue weighted by atomic mass is 10.2. The Balaban J connectivity index is 2.94. The maximum atomic E-state index is 13.2. The quantitative estimate of drug-likeness (QED) is 0.915. The highest BCUT2D eigenvalue weighted by Crippen LogP contribution is 2.17. The summed E-state index contributed by atoms with van der Waals surface area (Å²) in [6, 6.07) is 4.22. The highest BCUT2D eigenvalue weighted by molar-refractivity contribution is 9.10. The van der Waals surface area contributed by atoms with Crippen molar-refractivity contribution in [1.82, 2.24) is 0 Å². The van der Waals surface area contributed by atoms with Crippen LogP contribution < -0.4 is 5.73 Å². The van der Waals surface area contributed by atoms with Gasteiger partial charge in [0.15, 0.2) is 9.84 Å². The standard InChI is InChI=1S/C9H11BrFNO2S/c10-8-1-2-9(11)7(5-8)6-15(13,14)4-3-12/h1-2,5H,3-4,6,12H2. The number of benzene rings is 1. The molecule has 0 radical (unpaired) electrons. The summed E-state index contributed by atoms with van der Waals surface area (Å²) >= 11 is 3.16. The smallest absolute Gasteiger partial charge is 0.155 e. The number of halogens is 2. The van der Waals surface area contributed by atoms with Crippen LogP contribution >= 0.6 is 15.9 Å². The molecule has 1 rings (SSSR count). The molecule has 0 aliphatic heterocycles.